The van der Waals surface area contributed by atoms with Gasteiger partial charge in [-0.3, -0.25) is 0 Å². The molecule has 1 saturated carbocycles. The highest BCUT2D eigenvalue weighted by molar-refractivity contribution is 5.29. The van der Waals surface area contributed by atoms with E-state index in [2.05, 4.69) is 26.8 Å². The van der Waals surface area contributed by atoms with Crippen molar-refractivity contribution in [2.24, 2.45) is 16.6 Å². The fraction of sp³-hybridized carbons (Fsp3) is 0.647. The van der Waals surface area contributed by atoms with Crippen molar-refractivity contribution in [1.82, 2.24) is 0 Å². The molecule has 0 radical (unpaired) electrons. The van der Waals surface area contributed by atoms with Crippen molar-refractivity contribution in [2.45, 2.75) is 52.6 Å². The second kappa shape index (κ2) is 5.26. The first-order valence-corrected chi connectivity index (χ1v) is 7.34. The third-order valence-corrected chi connectivity index (χ3v) is 5.07. The Morgan fingerprint density at radius 3 is 2.26 bits per heavy atom. The van der Waals surface area contributed by atoms with E-state index in [1.807, 2.05) is 18.2 Å². The van der Waals surface area contributed by atoms with Gasteiger partial charge in [0.15, 0.2) is 0 Å². The topological polar surface area (TPSA) is 46.2 Å². The normalized spacial score (nSPS) is 23.0. The van der Waals surface area contributed by atoms with Gasteiger partial charge in [0.1, 0.15) is 0 Å². The van der Waals surface area contributed by atoms with Crippen molar-refractivity contribution in [1.29, 1.82) is 0 Å². The first kappa shape index (κ1) is 14.5. The van der Waals surface area contributed by atoms with Crippen molar-refractivity contribution >= 4 is 0 Å². The number of hydrogen-bond donors (Lipinski definition) is 2. The van der Waals surface area contributed by atoms with Crippen LogP contribution >= 0.6 is 0 Å². The zero-order valence-electron chi connectivity index (χ0n) is 12.4. The Morgan fingerprint density at radius 2 is 1.74 bits per heavy atom. The minimum absolute atomic E-state index is 0.137. The predicted octanol–water partition coefficient (Wildman–Crippen LogP) is 3.57. The van der Waals surface area contributed by atoms with Gasteiger partial charge in [-0.05, 0) is 49.1 Å². The largest absolute Gasteiger partial charge is 0.388 e. The van der Waals surface area contributed by atoms with Crippen molar-refractivity contribution in [2.75, 3.05) is 6.54 Å². The lowest BCUT2D eigenvalue weighted by molar-refractivity contribution is -0.0238. The molecule has 1 aromatic carbocycles. The van der Waals surface area contributed by atoms with Gasteiger partial charge in [-0.1, -0.05) is 38.1 Å². The van der Waals surface area contributed by atoms with Gasteiger partial charge in [-0.25, -0.2) is 0 Å². The van der Waals surface area contributed by atoms with Crippen molar-refractivity contribution < 1.29 is 5.11 Å². The first-order valence-electron chi connectivity index (χ1n) is 7.34. The van der Waals surface area contributed by atoms with E-state index >= 15 is 0 Å². The van der Waals surface area contributed by atoms with Gasteiger partial charge in [0.05, 0.1) is 6.10 Å². The van der Waals surface area contributed by atoms with Gasteiger partial charge in [-0.15, -0.1) is 0 Å². The summed E-state index contributed by atoms with van der Waals surface area (Å²) in [5.41, 5.74) is 8.52. The molecule has 1 fully saturated rings. The van der Waals surface area contributed by atoms with Crippen LogP contribution in [-0.2, 0) is 0 Å². The van der Waals surface area contributed by atoms with Gasteiger partial charge >= 0.3 is 0 Å². The highest BCUT2D eigenvalue weighted by Gasteiger charge is 2.43. The Balaban J connectivity index is 2.25. The molecule has 106 valence electrons. The molecule has 0 aliphatic heterocycles. The van der Waals surface area contributed by atoms with Crippen molar-refractivity contribution in [3.8, 4) is 0 Å². The fourth-order valence-corrected chi connectivity index (χ4v) is 3.24. The molecule has 2 heteroatoms. The smallest absolute Gasteiger partial charge is 0.0860 e. The van der Waals surface area contributed by atoms with Crippen LogP contribution in [0.4, 0.5) is 0 Å². The summed E-state index contributed by atoms with van der Waals surface area (Å²) in [5, 5.41) is 10.9. The molecule has 0 aromatic heterocycles. The second-order valence-corrected chi connectivity index (χ2v) is 6.99. The lowest BCUT2D eigenvalue weighted by atomic mass is 9.61. The summed E-state index contributed by atoms with van der Waals surface area (Å²) in [6.45, 7) is 7.26. The number of hydrogen-bond acceptors (Lipinski definition) is 2. The lowest BCUT2D eigenvalue weighted by Crippen LogP contribution is -2.42. The fourth-order valence-electron chi connectivity index (χ4n) is 3.24. The van der Waals surface area contributed by atoms with Crippen molar-refractivity contribution in [3.63, 3.8) is 0 Å². The van der Waals surface area contributed by atoms with E-state index in [0.29, 0.717) is 12.0 Å². The average molecular weight is 261 g/mol. The van der Waals surface area contributed by atoms with E-state index in [0.717, 1.165) is 36.8 Å². The van der Waals surface area contributed by atoms with Gasteiger partial charge in [-0.2, -0.15) is 0 Å². The van der Waals surface area contributed by atoms with Gasteiger partial charge in [0.2, 0.25) is 0 Å². The van der Waals surface area contributed by atoms with E-state index in [1.54, 1.807) is 0 Å². The lowest BCUT2D eigenvalue weighted by Gasteiger charge is -2.46. The van der Waals surface area contributed by atoms with Gasteiger partial charge in [0.25, 0.3) is 0 Å². The molecule has 0 bridgehead atoms. The molecule has 1 unspecified atom stereocenters. The molecular weight excluding hydrogens is 234 g/mol. The van der Waals surface area contributed by atoms with Crippen LogP contribution in [0.25, 0.3) is 0 Å². The monoisotopic (exact) mass is 261 g/mol. The predicted molar refractivity (Wildman–Crippen MR) is 79.9 cm³/mol. The highest BCUT2D eigenvalue weighted by Crippen LogP contribution is 2.50. The Bertz CT molecular complexity index is 429. The number of rotatable bonds is 3. The Labute approximate surface area is 117 Å². The summed E-state index contributed by atoms with van der Waals surface area (Å²) in [4.78, 5) is 0. The third-order valence-electron chi connectivity index (χ3n) is 5.07. The van der Waals surface area contributed by atoms with Crippen LogP contribution in [0.15, 0.2) is 24.3 Å². The van der Waals surface area contributed by atoms with Crippen LogP contribution in [0.3, 0.4) is 0 Å². The van der Waals surface area contributed by atoms with E-state index < -0.39 is 6.10 Å². The van der Waals surface area contributed by atoms with Crippen LogP contribution in [-0.4, -0.2) is 11.7 Å². The SMILES string of the molecule is Cc1ccccc1C(O)C1(CN)CCC(C)(C)CC1. The molecule has 19 heavy (non-hydrogen) atoms. The summed E-state index contributed by atoms with van der Waals surface area (Å²) < 4.78 is 0. The van der Waals surface area contributed by atoms with Crippen LogP contribution in [0, 0.1) is 17.8 Å². The molecule has 1 atom stereocenters. The highest BCUT2D eigenvalue weighted by atomic mass is 16.3. The van der Waals surface area contributed by atoms with E-state index in [1.165, 1.54) is 0 Å². The van der Waals surface area contributed by atoms with E-state index in [-0.39, 0.29) is 5.41 Å². The minimum Gasteiger partial charge on any atom is -0.388 e. The standard InChI is InChI=1S/C17H27NO/c1-13-6-4-5-7-14(13)15(19)17(12-18)10-8-16(2,3)9-11-17/h4-7,15,19H,8-12,18H2,1-3H3. The van der Waals surface area contributed by atoms with E-state index in [9.17, 15) is 5.11 Å². The van der Waals surface area contributed by atoms with Gasteiger partial charge in [0, 0.05) is 12.0 Å². The maximum atomic E-state index is 10.9. The third kappa shape index (κ3) is 2.85. The molecule has 0 amide bonds. The molecule has 1 aliphatic rings. The first-order chi connectivity index (χ1) is 8.90. The van der Waals surface area contributed by atoms with Crippen LogP contribution in [0.1, 0.15) is 56.8 Å². The number of aliphatic hydroxyl groups is 1. The molecule has 0 heterocycles. The van der Waals surface area contributed by atoms with Crippen LogP contribution in [0.2, 0.25) is 0 Å². The van der Waals surface area contributed by atoms with Crippen LogP contribution < -0.4 is 5.73 Å². The van der Waals surface area contributed by atoms with Crippen molar-refractivity contribution in [3.05, 3.63) is 35.4 Å². The van der Waals surface area contributed by atoms with E-state index in [4.69, 9.17) is 5.73 Å². The quantitative estimate of drug-likeness (QED) is 0.873. The Hall–Kier alpha value is -0.860. The molecule has 2 nitrogen and oxygen atoms in total. The summed E-state index contributed by atoms with van der Waals surface area (Å²) >= 11 is 0. The Morgan fingerprint density at radius 1 is 1.16 bits per heavy atom. The summed E-state index contributed by atoms with van der Waals surface area (Å²) in [6, 6.07) is 8.12. The zero-order chi connectivity index (χ0) is 14.1. The van der Waals surface area contributed by atoms with Gasteiger partial charge < -0.3 is 10.8 Å². The second-order valence-electron chi connectivity index (χ2n) is 6.99. The maximum Gasteiger partial charge on any atom is 0.0860 e. The average Bonchev–Trinajstić information content (AvgIpc) is 2.39. The summed E-state index contributed by atoms with van der Waals surface area (Å²) in [5.74, 6) is 0. The number of benzene rings is 1. The number of nitrogens with two attached hydrogens (primary N) is 1. The zero-order valence-corrected chi connectivity index (χ0v) is 12.4. The molecule has 0 saturated heterocycles. The molecule has 3 N–H and O–H groups in total. The molecule has 2 rings (SSSR count). The summed E-state index contributed by atoms with van der Waals surface area (Å²) in [6.07, 6.45) is 3.90. The number of aliphatic hydroxyl groups excluding tert-OH is 1. The molecule has 0 spiro atoms. The maximum absolute atomic E-state index is 10.9. The molecule has 1 aliphatic carbocycles. The summed E-state index contributed by atoms with van der Waals surface area (Å²) in [7, 11) is 0. The molecular formula is C17H27NO. The number of aryl methyl sites for hydroxylation is 1. The minimum atomic E-state index is -0.435. The van der Waals surface area contributed by atoms with Crippen LogP contribution in [0.5, 0.6) is 0 Å². The molecule has 1 aromatic rings. The Kier molecular flexibility index (Phi) is 4.03.